The van der Waals surface area contributed by atoms with E-state index in [9.17, 15) is 9.59 Å². The van der Waals surface area contributed by atoms with E-state index in [-0.39, 0.29) is 17.9 Å². The zero-order chi connectivity index (χ0) is 20.8. The second-order valence-electron chi connectivity index (χ2n) is 7.94. The van der Waals surface area contributed by atoms with E-state index in [1.165, 1.54) is 19.3 Å². The van der Waals surface area contributed by atoms with Crippen LogP contribution in [0.5, 0.6) is 0 Å². The molecule has 2 aliphatic rings. The molecule has 2 heterocycles. The second kappa shape index (κ2) is 9.76. The summed E-state index contributed by atoms with van der Waals surface area (Å²) >= 11 is 0. The average Bonchev–Trinajstić information content (AvgIpc) is 3.32. The van der Waals surface area contributed by atoms with Crippen molar-refractivity contribution in [2.75, 3.05) is 36.5 Å². The van der Waals surface area contributed by atoms with E-state index in [1.54, 1.807) is 18.2 Å². The lowest BCUT2D eigenvalue weighted by atomic mass is 10.1. The predicted molar refractivity (Wildman–Crippen MR) is 118 cm³/mol. The lowest BCUT2D eigenvalue weighted by molar-refractivity contribution is 0.0858. The lowest BCUT2D eigenvalue weighted by Gasteiger charge is -2.28. The Morgan fingerprint density at radius 1 is 0.933 bits per heavy atom. The summed E-state index contributed by atoms with van der Waals surface area (Å²) < 4.78 is 5.56. The highest BCUT2D eigenvalue weighted by atomic mass is 16.5. The van der Waals surface area contributed by atoms with E-state index in [0.29, 0.717) is 23.4 Å². The van der Waals surface area contributed by atoms with Crippen LogP contribution in [0.4, 0.5) is 11.4 Å². The summed E-state index contributed by atoms with van der Waals surface area (Å²) in [6, 6.07) is 14.8. The summed E-state index contributed by atoms with van der Waals surface area (Å²) in [4.78, 5) is 27.8. The predicted octanol–water partition coefficient (Wildman–Crippen LogP) is 3.84. The molecule has 2 aromatic rings. The van der Waals surface area contributed by atoms with E-state index < -0.39 is 0 Å². The first-order chi connectivity index (χ1) is 14.7. The summed E-state index contributed by atoms with van der Waals surface area (Å²) in [7, 11) is 0. The molecule has 0 aliphatic carbocycles. The Morgan fingerprint density at radius 2 is 1.70 bits per heavy atom. The molecular formula is C24H29N3O3. The van der Waals surface area contributed by atoms with Crippen LogP contribution >= 0.6 is 0 Å². The van der Waals surface area contributed by atoms with Gasteiger partial charge in [0.15, 0.2) is 0 Å². The van der Waals surface area contributed by atoms with Crippen molar-refractivity contribution in [3.05, 3.63) is 59.7 Å². The van der Waals surface area contributed by atoms with Crippen LogP contribution in [-0.2, 0) is 4.74 Å². The first-order valence-corrected chi connectivity index (χ1v) is 10.9. The summed E-state index contributed by atoms with van der Waals surface area (Å²) in [6.07, 6.45) is 5.80. The van der Waals surface area contributed by atoms with Crippen molar-refractivity contribution in [3.8, 4) is 0 Å². The fourth-order valence-corrected chi connectivity index (χ4v) is 4.07. The molecule has 6 nitrogen and oxygen atoms in total. The molecular weight excluding hydrogens is 378 g/mol. The van der Waals surface area contributed by atoms with Gasteiger partial charge in [0, 0.05) is 37.5 Å². The minimum atomic E-state index is -0.223. The molecule has 0 spiro atoms. The van der Waals surface area contributed by atoms with Gasteiger partial charge in [-0.3, -0.25) is 9.59 Å². The first kappa shape index (κ1) is 20.4. The largest absolute Gasteiger partial charge is 0.376 e. The zero-order valence-corrected chi connectivity index (χ0v) is 17.2. The molecule has 158 valence electrons. The number of rotatable bonds is 6. The topological polar surface area (TPSA) is 70.7 Å². The Kier molecular flexibility index (Phi) is 6.64. The van der Waals surface area contributed by atoms with Crippen LogP contribution in [0.3, 0.4) is 0 Å². The highest BCUT2D eigenvalue weighted by Gasteiger charge is 2.19. The number of ether oxygens (including phenoxy) is 1. The Balaban J connectivity index is 1.39. The SMILES string of the molecule is O=C(Nc1ccccc1C(=O)NC[C@@H]1CCCO1)c1ccc(N2CCCCC2)cc1. The molecule has 0 bridgehead atoms. The van der Waals surface area contributed by atoms with Crippen molar-refractivity contribution in [1.29, 1.82) is 0 Å². The van der Waals surface area contributed by atoms with Crippen molar-refractivity contribution in [3.63, 3.8) is 0 Å². The minimum absolute atomic E-state index is 0.0779. The maximum atomic E-state index is 12.8. The molecule has 4 rings (SSSR count). The number of nitrogens with one attached hydrogen (secondary N) is 2. The third-order valence-corrected chi connectivity index (χ3v) is 5.78. The third-order valence-electron chi connectivity index (χ3n) is 5.78. The maximum absolute atomic E-state index is 12.8. The van der Waals surface area contributed by atoms with Crippen molar-refractivity contribution in [2.45, 2.75) is 38.2 Å². The number of benzene rings is 2. The summed E-state index contributed by atoms with van der Waals surface area (Å²) in [5, 5.41) is 5.81. The second-order valence-corrected chi connectivity index (χ2v) is 7.94. The lowest BCUT2D eigenvalue weighted by Crippen LogP contribution is -2.32. The highest BCUT2D eigenvalue weighted by molar-refractivity contribution is 6.09. The minimum Gasteiger partial charge on any atom is -0.376 e. The molecule has 2 amide bonds. The number of amides is 2. The maximum Gasteiger partial charge on any atom is 0.255 e. The number of anilines is 2. The third kappa shape index (κ3) is 5.00. The van der Waals surface area contributed by atoms with Crippen LogP contribution in [0.25, 0.3) is 0 Å². The number of nitrogens with zero attached hydrogens (tertiary/aromatic N) is 1. The van der Waals surface area contributed by atoms with Gasteiger partial charge in [-0.25, -0.2) is 0 Å². The van der Waals surface area contributed by atoms with Crippen LogP contribution in [-0.4, -0.2) is 44.2 Å². The molecule has 0 aromatic heterocycles. The quantitative estimate of drug-likeness (QED) is 0.763. The molecule has 2 aliphatic heterocycles. The van der Waals surface area contributed by atoms with E-state index >= 15 is 0 Å². The van der Waals surface area contributed by atoms with Gasteiger partial charge in [-0.05, 0) is 68.5 Å². The van der Waals surface area contributed by atoms with Crippen molar-refractivity contribution in [2.24, 2.45) is 0 Å². The van der Waals surface area contributed by atoms with E-state index in [4.69, 9.17) is 4.74 Å². The van der Waals surface area contributed by atoms with Crippen LogP contribution < -0.4 is 15.5 Å². The van der Waals surface area contributed by atoms with Crippen LogP contribution in [0, 0.1) is 0 Å². The van der Waals surface area contributed by atoms with Crippen molar-refractivity contribution in [1.82, 2.24) is 5.32 Å². The normalized spacial score (nSPS) is 18.8. The van der Waals surface area contributed by atoms with Gasteiger partial charge in [-0.15, -0.1) is 0 Å². The number of carbonyl (C=O) groups excluding carboxylic acids is 2. The Morgan fingerprint density at radius 3 is 2.43 bits per heavy atom. The molecule has 6 heteroatoms. The molecule has 1 atom stereocenters. The van der Waals surface area contributed by atoms with Gasteiger partial charge >= 0.3 is 0 Å². The molecule has 0 unspecified atom stereocenters. The molecule has 0 saturated carbocycles. The summed E-state index contributed by atoms with van der Waals surface area (Å²) in [6.45, 7) is 3.38. The molecule has 2 N–H and O–H groups in total. The Bertz CT molecular complexity index is 870. The van der Waals surface area contributed by atoms with Crippen molar-refractivity contribution >= 4 is 23.2 Å². The average molecular weight is 408 g/mol. The van der Waals surface area contributed by atoms with Gasteiger partial charge in [0.2, 0.25) is 0 Å². The Labute approximate surface area is 177 Å². The van der Waals surface area contributed by atoms with Crippen LogP contribution in [0.15, 0.2) is 48.5 Å². The van der Waals surface area contributed by atoms with Crippen LogP contribution in [0.2, 0.25) is 0 Å². The van der Waals surface area contributed by atoms with Crippen LogP contribution in [0.1, 0.15) is 52.8 Å². The fraction of sp³-hybridized carbons (Fsp3) is 0.417. The van der Waals surface area contributed by atoms with Gasteiger partial charge < -0.3 is 20.3 Å². The van der Waals surface area contributed by atoms with E-state index in [0.717, 1.165) is 38.2 Å². The zero-order valence-electron chi connectivity index (χ0n) is 17.2. The van der Waals surface area contributed by atoms with Gasteiger partial charge in [-0.1, -0.05) is 12.1 Å². The van der Waals surface area contributed by atoms with Gasteiger partial charge in [0.1, 0.15) is 0 Å². The number of carbonyl (C=O) groups is 2. The first-order valence-electron chi connectivity index (χ1n) is 10.9. The smallest absolute Gasteiger partial charge is 0.255 e. The van der Waals surface area contributed by atoms with Gasteiger partial charge in [-0.2, -0.15) is 0 Å². The molecule has 0 radical (unpaired) electrons. The van der Waals surface area contributed by atoms with Gasteiger partial charge in [0.25, 0.3) is 11.8 Å². The molecule has 2 saturated heterocycles. The Hall–Kier alpha value is -2.86. The monoisotopic (exact) mass is 407 g/mol. The standard InChI is InChI=1S/C24H29N3O3/c28-23(18-10-12-19(13-11-18)27-14-4-1-5-15-27)26-22-9-3-2-8-21(22)24(29)25-17-20-7-6-16-30-20/h2-3,8-13,20H,1,4-7,14-17H2,(H,25,29)(H,26,28)/t20-/m0/s1. The number of para-hydroxylation sites is 1. The molecule has 2 fully saturated rings. The van der Waals surface area contributed by atoms with Crippen molar-refractivity contribution < 1.29 is 14.3 Å². The van der Waals surface area contributed by atoms with E-state index in [1.807, 2.05) is 30.3 Å². The molecule has 2 aromatic carbocycles. The van der Waals surface area contributed by atoms with Gasteiger partial charge in [0.05, 0.1) is 17.4 Å². The molecule has 30 heavy (non-hydrogen) atoms. The fourth-order valence-electron chi connectivity index (χ4n) is 4.07. The van der Waals surface area contributed by atoms with E-state index in [2.05, 4.69) is 15.5 Å². The summed E-state index contributed by atoms with van der Waals surface area (Å²) in [5.74, 6) is -0.429. The number of hydrogen-bond acceptors (Lipinski definition) is 4. The highest BCUT2D eigenvalue weighted by Crippen LogP contribution is 2.21. The summed E-state index contributed by atoms with van der Waals surface area (Å²) in [5.41, 5.74) is 2.69. The number of piperidine rings is 1. The number of hydrogen-bond donors (Lipinski definition) is 2.